The van der Waals surface area contributed by atoms with E-state index in [2.05, 4.69) is 4.74 Å². The van der Waals surface area contributed by atoms with Crippen LogP contribution in [0.2, 0.25) is 5.02 Å². The zero-order chi connectivity index (χ0) is 21.5. The fourth-order valence-electron chi connectivity index (χ4n) is 3.66. The van der Waals surface area contributed by atoms with Crippen LogP contribution in [0.25, 0.3) is 0 Å². The maximum atomic E-state index is 14.7. The van der Waals surface area contributed by atoms with Crippen LogP contribution in [-0.4, -0.2) is 50.3 Å². The Labute approximate surface area is 176 Å². The van der Waals surface area contributed by atoms with E-state index in [4.69, 9.17) is 16.3 Å². The molecule has 2 aromatic carbocycles. The number of urea groups is 1. The molecule has 2 heterocycles. The van der Waals surface area contributed by atoms with Gasteiger partial charge in [-0.2, -0.15) is 0 Å². The normalized spacial score (nSPS) is 16.6. The van der Waals surface area contributed by atoms with Crippen molar-refractivity contribution in [2.45, 2.75) is 6.54 Å². The van der Waals surface area contributed by atoms with Crippen LogP contribution in [0, 0.1) is 17.0 Å². The molecular formula is C21H19ClF2N2O4. The van der Waals surface area contributed by atoms with Crippen LogP contribution in [-0.2, 0) is 16.0 Å². The van der Waals surface area contributed by atoms with Gasteiger partial charge in [-0.05, 0) is 30.3 Å². The van der Waals surface area contributed by atoms with Gasteiger partial charge in [0.05, 0.1) is 42.9 Å². The summed E-state index contributed by atoms with van der Waals surface area (Å²) in [7, 11) is 1.21. The molecule has 0 bridgehead atoms. The molecule has 1 spiro atoms. The van der Waals surface area contributed by atoms with Gasteiger partial charge in [0, 0.05) is 24.3 Å². The molecule has 158 valence electrons. The molecule has 30 heavy (non-hydrogen) atoms. The van der Waals surface area contributed by atoms with Crippen molar-refractivity contribution < 1.29 is 27.8 Å². The van der Waals surface area contributed by atoms with Crippen LogP contribution in [0.5, 0.6) is 0 Å². The van der Waals surface area contributed by atoms with Crippen molar-refractivity contribution in [3.05, 3.63) is 64.2 Å². The number of likely N-dealkylation sites (tertiary alicyclic amines) is 1. The number of anilines is 1. The number of carbonyl (C=O) groups is 2. The van der Waals surface area contributed by atoms with Gasteiger partial charge < -0.3 is 14.4 Å². The third-order valence-corrected chi connectivity index (χ3v) is 5.68. The summed E-state index contributed by atoms with van der Waals surface area (Å²) in [4.78, 5) is 27.8. The summed E-state index contributed by atoms with van der Waals surface area (Å²) >= 11 is 5.90. The van der Waals surface area contributed by atoms with Crippen molar-refractivity contribution in [3.63, 3.8) is 0 Å². The van der Waals surface area contributed by atoms with Crippen molar-refractivity contribution in [3.8, 4) is 0 Å². The number of methoxy groups -OCH3 is 1. The molecule has 0 N–H and O–H groups in total. The van der Waals surface area contributed by atoms with Crippen LogP contribution in [0.4, 0.5) is 19.3 Å². The topological polar surface area (TPSA) is 59.1 Å². The molecule has 2 aromatic rings. The number of hydrogen-bond acceptors (Lipinski definition) is 4. The number of nitrogens with zero attached hydrogens (tertiary/aromatic N) is 2. The van der Waals surface area contributed by atoms with Crippen molar-refractivity contribution >= 4 is 29.3 Å². The molecule has 2 aliphatic rings. The molecule has 2 fully saturated rings. The molecule has 2 aliphatic heterocycles. The lowest BCUT2D eigenvalue weighted by Gasteiger charge is -2.55. The number of ether oxygens (including phenoxy) is 2. The van der Waals surface area contributed by atoms with E-state index in [0.717, 1.165) is 12.1 Å². The van der Waals surface area contributed by atoms with Crippen LogP contribution in [0.1, 0.15) is 15.9 Å². The number of amides is 2. The van der Waals surface area contributed by atoms with Gasteiger partial charge in [-0.25, -0.2) is 18.4 Å². The molecule has 2 amide bonds. The second-order valence-electron chi connectivity index (χ2n) is 7.61. The van der Waals surface area contributed by atoms with E-state index in [1.807, 2.05) is 0 Å². The van der Waals surface area contributed by atoms with Crippen LogP contribution < -0.4 is 4.90 Å². The largest absolute Gasteiger partial charge is 0.465 e. The number of carbonyl (C=O) groups excluding carboxylic acids is 2. The Kier molecular flexibility index (Phi) is 5.38. The summed E-state index contributed by atoms with van der Waals surface area (Å²) in [5, 5.41) is -0.140. The highest BCUT2D eigenvalue weighted by Crippen LogP contribution is 2.39. The number of esters is 1. The average Bonchev–Trinajstić information content (AvgIpc) is 2.66. The lowest BCUT2D eigenvalue weighted by atomic mass is 9.78. The zero-order valence-electron chi connectivity index (χ0n) is 16.2. The Morgan fingerprint density at radius 1 is 1.17 bits per heavy atom. The molecule has 4 rings (SSSR count). The van der Waals surface area contributed by atoms with E-state index in [0.29, 0.717) is 32.0 Å². The summed E-state index contributed by atoms with van der Waals surface area (Å²) in [6, 6.07) is 7.47. The van der Waals surface area contributed by atoms with Gasteiger partial charge in [-0.15, -0.1) is 0 Å². The van der Waals surface area contributed by atoms with E-state index in [9.17, 15) is 18.4 Å². The SMILES string of the molecule is COC(=O)c1ccc(CN(C(=O)N2CC3(COC3)C2)c2ccc(F)c(Cl)c2)c(F)c1. The molecule has 6 nitrogen and oxygen atoms in total. The number of rotatable bonds is 4. The standard InChI is InChI=1S/C21H19ClF2N2O4/c1-29-19(27)13-2-3-14(18(24)6-13)8-26(15-4-5-17(23)16(22)7-15)20(28)25-9-21(10-25)11-30-12-21/h2-7H,8-12H2,1H3. The lowest BCUT2D eigenvalue weighted by Crippen LogP contribution is -2.68. The third kappa shape index (κ3) is 3.73. The first-order valence-electron chi connectivity index (χ1n) is 9.28. The predicted octanol–water partition coefficient (Wildman–Crippen LogP) is 3.86. The minimum Gasteiger partial charge on any atom is -0.465 e. The molecule has 9 heteroatoms. The fourth-order valence-corrected chi connectivity index (χ4v) is 3.83. The summed E-state index contributed by atoms with van der Waals surface area (Å²) in [5.74, 6) is -1.93. The van der Waals surface area contributed by atoms with Gasteiger partial charge in [-0.1, -0.05) is 17.7 Å². The van der Waals surface area contributed by atoms with Crippen LogP contribution >= 0.6 is 11.6 Å². The second-order valence-corrected chi connectivity index (χ2v) is 8.02. The molecule has 0 saturated carbocycles. The van der Waals surface area contributed by atoms with Crippen molar-refractivity contribution in [1.29, 1.82) is 0 Å². The Hall–Kier alpha value is -2.71. The van der Waals surface area contributed by atoms with Gasteiger partial charge in [-0.3, -0.25) is 4.90 Å². The highest BCUT2D eigenvalue weighted by molar-refractivity contribution is 6.31. The van der Waals surface area contributed by atoms with E-state index in [1.54, 1.807) is 4.90 Å². The van der Waals surface area contributed by atoms with Gasteiger partial charge in [0.2, 0.25) is 0 Å². The minimum atomic E-state index is -0.660. The zero-order valence-corrected chi connectivity index (χ0v) is 16.9. The van der Waals surface area contributed by atoms with Crippen molar-refractivity contribution in [2.24, 2.45) is 5.41 Å². The molecular weight excluding hydrogens is 418 g/mol. The third-order valence-electron chi connectivity index (χ3n) is 5.39. The Balaban J connectivity index is 1.61. The Morgan fingerprint density at radius 3 is 2.47 bits per heavy atom. The minimum absolute atomic E-state index is 0.00911. The van der Waals surface area contributed by atoms with E-state index in [-0.39, 0.29) is 34.1 Å². The van der Waals surface area contributed by atoms with E-state index in [1.165, 1.54) is 36.3 Å². The Morgan fingerprint density at radius 2 is 1.90 bits per heavy atom. The first-order chi connectivity index (χ1) is 14.3. The van der Waals surface area contributed by atoms with Crippen LogP contribution in [0.3, 0.4) is 0 Å². The summed E-state index contributed by atoms with van der Waals surface area (Å²) in [5.41, 5.74) is 0.610. The van der Waals surface area contributed by atoms with E-state index < -0.39 is 17.6 Å². The molecule has 0 aliphatic carbocycles. The molecule has 0 aromatic heterocycles. The number of hydrogen-bond donors (Lipinski definition) is 0. The van der Waals surface area contributed by atoms with Crippen molar-refractivity contribution in [1.82, 2.24) is 4.90 Å². The van der Waals surface area contributed by atoms with Gasteiger partial charge in [0.25, 0.3) is 0 Å². The maximum Gasteiger partial charge on any atom is 0.337 e. The molecule has 0 atom stereocenters. The average molecular weight is 437 g/mol. The lowest BCUT2D eigenvalue weighted by molar-refractivity contribution is -0.174. The van der Waals surface area contributed by atoms with Crippen LogP contribution in [0.15, 0.2) is 36.4 Å². The smallest absolute Gasteiger partial charge is 0.337 e. The summed E-state index contributed by atoms with van der Waals surface area (Å²) < 4.78 is 38.1. The fraction of sp³-hybridized carbons (Fsp3) is 0.333. The van der Waals surface area contributed by atoms with Gasteiger partial charge >= 0.3 is 12.0 Å². The molecule has 0 unspecified atom stereocenters. The van der Waals surface area contributed by atoms with Gasteiger partial charge in [0.15, 0.2) is 0 Å². The van der Waals surface area contributed by atoms with Crippen molar-refractivity contribution in [2.75, 3.05) is 38.3 Å². The highest BCUT2D eigenvalue weighted by Gasteiger charge is 2.51. The maximum absolute atomic E-state index is 14.7. The Bertz CT molecular complexity index is 1000. The second kappa shape index (κ2) is 7.85. The molecule has 0 radical (unpaired) electrons. The number of halogens is 3. The number of benzene rings is 2. The van der Waals surface area contributed by atoms with Gasteiger partial charge in [0.1, 0.15) is 11.6 Å². The quantitative estimate of drug-likeness (QED) is 0.683. The summed E-state index contributed by atoms with van der Waals surface area (Å²) in [6.07, 6.45) is 0. The predicted molar refractivity (Wildman–Crippen MR) is 106 cm³/mol. The monoisotopic (exact) mass is 436 g/mol. The first kappa shape index (κ1) is 20.6. The van der Waals surface area contributed by atoms with E-state index >= 15 is 0 Å². The first-order valence-corrected chi connectivity index (χ1v) is 9.66. The molecule has 2 saturated heterocycles. The summed E-state index contributed by atoms with van der Waals surface area (Å²) in [6.45, 7) is 2.20. The highest BCUT2D eigenvalue weighted by atomic mass is 35.5.